The van der Waals surface area contributed by atoms with Gasteiger partial charge in [0.15, 0.2) is 0 Å². The van der Waals surface area contributed by atoms with Gasteiger partial charge < -0.3 is 4.84 Å². The number of nitrogens with two attached hydrogens (primary N) is 1. The lowest BCUT2D eigenvalue weighted by atomic mass is 10.00. The van der Waals surface area contributed by atoms with E-state index in [0.717, 1.165) is 12.8 Å². The normalized spacial score (nSPS) is 16.9. The van der Waals surface area contributed by atoms with E-state index in [1.54, 1.807) is 6.08 Å². The number of carbonyl (C=O) groups is 1. The molecule has 0 spiro atoms. The van der Waals surface area contributed by atoms with Crippen molar-refractivity contribution in [2.75, 3.05) is 0 Å². The highest BCUT2D eigenvalue weighted by molar-refractivity contribution is 5.88. The fourth-order valence-electron chi connectivity index (χ4n) is 0.987. The zero-order valence-corrected chi connectivity index (χ0v) is 6.46. The van der Waals surface area contributed by atoms with Crippen molar-refractivity contribution in [1.29, 1.82) is 0 Å². The number of carbonyl (C=O) groups excluding carboxylic acids is 1. The van der Waals surface area contributed by atoms with Crippen LogP contribution in [0.15, 0.2) is 23.3 Å². The van der Waals surface area contributed by atoms with Gasteiger partial charge in [0.2, 0.25) is 0 Å². The summed E-state index contributed by atoms with van der Waals surface area (Å²) in [5.74, 6) is 4.30. The average Bonchev–Trinajstić information content (AvgIpc) is 2.05. The Morgan fingerprint density at radius 2 is 2.27 bits per heavy atom. The summed E-state index contributed by atoms with van der Waals surface area (Å²) in [6.45, 7) is 2.03. The van der Waals surface area contributed by atoms with E-state index in [4.69, 9.17) is 5.90 Å². The van der Waals surface area contributed by atoms with Crippen LogP contribution in [0.2, 0.25) is 0 Å². The van der Waals surface area contributed by atoms with Crippen LogP contribution in [0, 0.1) is 0 Å². The van der Waals surface area contributed by atoms with Crippen LogP contribution in [0.5, 0.6) is 0 Å². The van der Waals surface area contributed by atoms with Crippen molar-refractivity contribution in [3.8, 4) is 0 Å². The summed E-state index contributed by atoms with van der Waals surface area (Å²) in [7, 11) is 0. The predicted molar refractivity (Wildman–Crippen MR) is 41.4 cm³/mol. The zero-order chi connectivity index (χ0) is 8.27. The second-order valence-corrected chi connectivity index (χ2v) is 2.61. The fraction of sp³-hybridized carbons (Fsp3) is 0.375. The Labute approximate surface area is 65.5 Å². The monoisotopic (exact) mass is 153 g/mol. The van der Waals surface area contributed by atoms with Gasteiger partial charge in [-0.1, -0.05) is 17.7 Å². The van der Waals surface area contributed by atoms with Crippen molar-refractivity contribution in [3.05, 3.63) is 23.3 Å². The molecule has 0 atom stereocenters. The van der Waals surface area contributed by atoms with Crippen molar-refractivity contribution < 1.29 is 9.63 Å². The molecule has 3 nitrogen and oxygen atoms in total. The third-order valence-corrected chi connectivity index (χ3v) is 1.73. The third-order valence-electron chi connectivity index (χ3n) is 1.73. The van der Waals surface area contributed by atoms with Crippen LogP contribution in [0.25, 0.3) is 0 Å². The van der Waals surface area contributed by atoms with Gasteiger partial charge in [0.25, 0.3) is 0 Å². The molecule has 0 heterocycles. The average molecular weight is 153 g/mol. The smallest absolute Gasteiger partial charge is 0.352 e. The molecule has 0 fully saturated rings. The first kappa shape index (κ1) is 8.01. The van der Waals surface area contributed by atoms with Gasteiger partial charge in [-0.2, -0.15) is 5.90 Å². The quantitative estimate of drug-likeness (QED) is 0.573. The Morgan fingerprint density at radius 1 is 1.55 bits per heavy atom. The summed E-state index contributed by atoms with van der Waals surface area (Å²) < 4.78 is 0. The second-order valence-electron chi connectivity index (χ2n) is 2.61. The first-order valence-electron chi connectivity index (χ1n) is 3.51. The minimum Gasteiger partial charge on any atom is -0.370 e. The van der Waals surface area contributed by atoms with E-state index < -0.39 is 5.97 Å². The molecule has 0 bridgehead atoms. The molecule has 1 aliphatic carbocycles. The largest absolute Gasteiger partial charge is 0.370 e. The zero-order valence-electron chi connectivity index (χ0n) is 6.46. The van der Waals surface area contributed by atoms with Crippen LogP contribution >= 0.6 is 0 Å². The van der Waals surface area contributed by atoms with Gasteiger partial charge >= 0.3 is 5.97 Å². The highest BCUT2D eigenvalue weighted by Gasteiger charge is 2.11. The predicted octanol–water partition coefficient (Wildman–Crippen LogP) is 1.07. The Morgan fingerprint density at radius 3 is 2.73 bits per heavy atom. The number of allylic oxidation sites excluding steroid dienone is 3. The molecule has 0 aromatic rings. The summed E-state index contributed by atoms with van der Waals surface area (Å²) in [5, 5.41) is 0. The van der Waals surface area contributed by atoms with Crippen LogP contribution in [0.3, 0.4) is 0 Å². The number of hydrogen-bond donors (Lipinski definition) is 1. The van der Waals surface area contributed by atoms with Crippen molar-refractivity contribution in [3.63, 3.8) is 0 Å². The first-order chi connectivity index (χ1) is 5.24. The number of rotatable bonds is 1. The summed E-state index contributed by atoms with van der Waals surface area (Å²) in [5.41, 5.74) is 1.93. The summed E-state index contributed by atoms with van der Waals surface area (Å²) in [6, 6.07) is 0. The standard InChI is InChI=1S/C8H11NO2/c1-6-2-4-7(5-3-6)8(10)11-9/h2,4H,3,5,9H2,1H3. The van der Waals surface area contributed by atoms with Gasteiger partial charge in [-0.15, -0.1) is 0 Å². The van der Waals surface area contributed by atoms with Crippen LogP contribution in [-0.2, 0) is 9.63 Å². The maximum atomic E-state index is 10.8. The molecule has 0 radical (unpaired) electrons. The molecule has 0 aliphatic heterocycles. The molecule has 0 amide bonds. The molecule has 0 saturated carbocycles. The Bertz CT molecular complexity index is 228. The van der Waals surface area contributed by atoms with Crippen LogP contribution < -0.4 is 5.90 Å². The van der Waals surface area contributed by atoms with E-state index in [2.05, 4.69) is 4.84 Å². The minimum absolute atomic E-state index is 0.422. The van der Waals surface area contributed by atoms with Gasteiger partial charge in [-0.25, -0.2) is 4.79 Å². The molecule has 3 heteroatoms. The highest BCUT2D eigenvalue weighted by atomic mass is 16.7. The van der Waals surface area contributed by atoms with E-state index in [1.807, 2.05) is 13.0 Å². The van der Waals surface area contributed by atoms with E-state index in [9.17, 15) is 4.79 Å². The number of hydrogen-bond acceptors (Lipinski definition) is 3. The molecule has 0 unspecified atom stereocenters. The SMILES string of the molecule is CC1=CC=C(C(=O)ON)CC1. The van der Waals surface area contributed by atoms with E-state index in [-0.39, 0.29) is 0 Å². The summed E-state index contributed by atoms with van der Waals surface area (Å²) >= 11 is 0. The van der Waals surface area contributed by atoms with Gasteiger partial charge in [-0.3, -0.25) is 0 Å². The molecule has 0 saturated heterocycles. The fourth-order valence-corrected chi connectivity index (χ4v) is 0.987. The molecule has 1 aliphatic rings. The molecule has 0 aromatic heterocycles. The Kier molecular flexibility index (Phi) is 2.44. The molecule has 0 aromatic carbocycles. The minimum atomic E-state index is -0.422. The van der Waals surface area contributed by atoms with Crippen LogP contribution in [0.4, 0.5) is 0 Å². The second kappa shape index (κ2) is 3.34. The highest BCUT2D eigenvalue weighted by Crippen LogP contribution is 2.17. The molecule has 2 N–H and O–H groups in total. The van der Waals surface area contributed by atoms with Crippen LogP contribution in [0.1, 0.15) is 19.8 Å². The van der Waals surface area contributed by atoms with Gasteiger partial charge in [0.1, 0.15) is 0 Å². The van der Waals surface area contributed by atoms with Gasteiger partial charge in [0, 0.05) is 5.57 Å². The van der Waals surface area contributed by atoms with Crippen molar-refractivity contribution in [1.82, 2.24) is 0 Å². The Hall–Kier alpha value is -1.09. The van der Waals surface area contributed by atoms with E-state index in [1.165, 1.54) is 5.57 Å². The lowest BCUT2D eigenvalue weighted by molar-refractivity contribution is -0.139. The molecule has 1 rings (SSSR count). The Balaban J connectivity index is 2.68. The molecular formula is C8H11NO2. The maximum absolute atomic E-state index is 10.8. The van der Waals surface area contributed by atoms with Crippen molar-refractivity contribution >= 4 is 5.97 Å². The lowest BCUT2D eigenvalue weighted by Gasteiger charge is -2.08. The molecule has 11 heavy (non-hydrogen) atoms. The van der Waals surface area contributed by atoms with Gasteiger partial charge in [-0.05, 0) is 19.8 Å². The maximum Gasteiger partial charge on any atom is 0.352 e. The summed E-state index contributed by atoms with van der Waals surface area (Å²) in [6.07, 6.45) is 5.32. The van der Waals surface area contributed by atoms with Gasteiger partial charge in [0.05, 0.1) is 0 Å². The van der Waals surface area contributed by atoms with Crippen LogP contribution in [-0.4, -0.2) is 5.97 Å². The lowest BCUT2D eigenvalue weighted by Crippen LogP contribution is -2.13. The van der Waals surface area contributed by atoms with E-state index >= 15 is 0 Å². The first-order valence-corrected chi connectivity index (χ1v) is 3.51. The molecular weight excluding hydrogens is 142 g/mol. The van der Waals surface area contributed by atoms with E-state index in [0.29, 0.717) is 5.57 Å². The topological polar surface area (TPSA) is 52.3 Å². The summed E-state index contributed by atoms with van der Waals surface area (Å²) in [4.78, 5) is 14.9. The van der Waals surface area contributed by atoms with Crippen molar-refractivity contribution in [2.24, 2.45) is 5.90 Å². The third kappa shape index (κ3) is 1.91. The molecule has 60 valence electrons. The van der Waals surface area contributed by atoms with Crippen molar-refractivity contribution in [2.45, 2.75) is 19.8 Å².